The third kappa shape index (κ3) is 0.884. The zero-order chi connectivity index (χ0) is 9.81. The molecular weight excluding hydrogens is 172 g/mol. The number of hydrogen-bond donors (Lipinski definition) is 0. The van der Waals surface area contributed by atoms with E-state index in [0.717, 1.165) is 25.7 Å². The highest BCUT2D eigenvalue weighted by Gasteiger charge is 2.60. The van der Waals surface area contributed by atoms with Crippen LogP contribution >= 0.6 is 0 Å². The smallest absolute Gasteiger partial charge is 0.133 e. The van der Waals surface area contributed by atoms with Gasteiger partial charge in [-0.05, 0) is 42.9 Å². The molecule has 3 fully saturated rings. The van der Waals surface area contributed by atoms with Crippen LogP contribution in [0.4, 0.5) is 0 Å². The van der Waals surface area contributed by atoms with Crippen LogP contribution < -0.4 is 0 Å². The van der Waals surface area contributed by atoms with E-state index in [1.165, 1.54) is 31.3 Å². The third-order valence-electron chi connectivity index (χ3n) is 5.03. The molecule has 0 amide bonds. The highest BCUT2D eigenvalue weighted by Crippen LogP contribution is 2.69. The number of Topliss-reactive ketones (excluding diaryl/α,β-unsaturated/α-hetero) is 1. The fourth-order valence-corrected chi connectivity index (χ4v) is 4.53. The molecule has 0 aromatic carbocycles. The van der Waals surface area contributed by atoms with Crippen LogP contribution in [-0.2, 0) is 4.79 Å². The fraction of sp³-hybridized carbons (Fsp3) is 0.769. The van der Waals surface area contributed by atoms with E-state index in [0.29, 0.717) is 16.6 Å². The molecule has 14 heavy (non-hydrogen) atoms. The van der Waals surface area contributed by atoms with Crippen LogP contribution in [0.3, 0.4) is 0 Å². The lowest BCUT2D eigenvalue weighted by Crippen LogP contribution is -2.39. The average Bonchev–Trinajstić information content (AvgIpc) is 2.54. The maximum atomic E-state index is 11.6. The monoisotopic (exact) mass is 190 g/mol. The molecule has 0 heterocycles. The lowest BCUT2D eigenvalue weighted by Gasteiger charge is -2.44. The van der Waals surface area contributed by atoms with Crippen molar-refractivity contribution in [1.82, 2.24) is 0 Å². The van der Waals surface area contributed by atoms with E-state index in [2.05, 4.69) is 6.58 Å². The molecule has 0 saturated heterocycles. The molecule has 3 rings (SSSR count). The van der Waals surface area contributed by atoms with E-state index < -0.39 is 0 Å². The Morgan fingerprint density at radius 2 is 1.71 bits per heavy atom. The molecule has 3 saturated carbocycles. The minimum atomic E-state index is 0.374. The molecule has 1 nitrogen and oxygen atoms in total. The fourth-order valence-electron chi connectivity index (χ4n) is 4.53. The second-order valence-corrected chi connectivity index (χ2v) is 5.73. The summed E-state index contributed by atoms with van der Waals surface area (Å²) in [6, 6.07) is 0. The maximum absolute atomic E-state index is 11.6. The minimum absolute atomic E-state index is 0.374. The Bertz CT molecular complexity index is 317. The molecular formula is C13H18O. The Balaban J connectivity index is 2.04. The van der Waals surface area contributed by atoms with E-state index in [-0.39, 0.29) is 0 Å². The summed E-state index contributed by atoms with van der Waals surface area (Å²) in [5, 5.41) is 0. The summed E-state index contributed by atoms with van der Waals surface area (Å²) in [6.45, 7) is 4.16. The third-order valence-corrected chi connectivity index (χ3v) is 5.03. The minimum Gasteiger partial charge on any atom is -0.300 e. The summed E-state index contributed by atoms with van der Waals surface area (Å²) in [6.07, 6.45) is 9.24. The number of carbonyl (C=O) groups excluding carboxylic acids is 1. The summed E-state index contributed by atoms with van der Waals surface area (Å²) >= 11 is 0. The molecule has 0 unspecified atom stereocenters. The number of carbonyl (C=O) groups is 1. The first-order chi connectivity index (χ1) is 6.66. The van der Waals surface area contributed by atoms with Crippen LogP contribution in [0.15, 0.2) is 12.2 Å². The lowest BCUT2D eigenvalue weighted by atomic mass is 9.59. The van der Waals surface area contributed by atoms with Crippen LogP contribution in [0, 0.1) is 10.8 Å². The van der Waals surface area contributed by atoms with Gasteiger partial charge in [-0.2, -0.15) is 0 Å². The Labute approximate surface area is 85.6 Å². The van der Waals surface area contributed by atoms with E-state index >= 15 is 0 Å². The zero-order valence-corrected chi connectivity index (χ0v) is 8.77. The number of ketones is 1. The van der Waals surface area contributed by atoms with Gasteiger partial charge in [0.05, 0.1) is 0 Å². The van der Waals surface area contributed by atoms with E-state index in [4.69, 9.17) is 0 Å². The Morgan fingerprint density at radius 3 is 2.57 bits per heavy atom. The van der Waals surface area contributed by atoms with Gasteiger partial charge in [-0.3, -0.25) is 4.79 Å². The predicted molar refractivity (Wildman–Crippen MR) is 55.9 cm³/mol. The largest absolute Gasteiger partial charge is 0.300 e. The molecule has 0 radical (unpaired) electrons. The lowest BCUT2D eigenvalue weighted by molar-refractivity contribution is -0.127. The first kappa shape index (κ1) is 8.70. The topological polar surface area (TPSA) is 17.1 Å². The Morgan fingerprint density at radius 1 is 1.00 bits per heavy atom. The van der Waals surface area contributed by atoms with Crippen LogP contribution in [-0.4, -0.2) is 5.78 Å². The maximum Gasteiger partial charge on any atom is 0.133 e. The van der Waals surface area contributed by atoms with Crippen LogP contribution in [0.2, 0.25) is 0 Å². The van der Waals surface area contributed by atoms with Crippen molar-refractivity contribution in [2.45, 2.75) is 51.4 Å². The molecule has 0 aliphatic heterocycles. The van der Waals surface area contributed by atoms with Crippen molar-refractivity contribution in [3.05, 3.63) is 12.2 Å². The Hall–Kier alpha value is -0.590. The van der Waals surface area contributed by atoms with Crippen molar-refractivity contribution in [3.8, 4) is 0 Å². The van der Waals surface area contributed by atoms with Gasteiger partial charge in [-0.15, -0.1) is 0 Å². The molecule has 1 heteroatoms. The van der Waals surface area contributed by atoms with Crippen molar-refractivity contribution >= 4 is 5.78 Å². The van der Waals surface area contributed by atoms with Gasteiger partial charge in [0.25, 0.3) is 0 Å². The number of rotatable bonds is 0. The second-order valence-electron chi connectivity index (χ2n) is 5.73. The molecule has 0 aromatic rings. The van der Waals surface area contributed by atoms with Gasteiger partial charge < -0.3 is 0 Å². The van der Waals surface area contributed by atoms with E-state index in [9.17, 15) is 4.79 Å². The number of allylic oxidation sites excluding steroid dienone is 1. The van der Waals surface area contributed by atoms with Gasteiger partial charge in [0.2, 0.25) is 0 Å². The molecule has 3 aliphatic rings. The molecule has 2 atom stereocenters. The van der Waals surface area contributed by atoms with Crippen molar-refractivity contribution in [2.24, 2.45) is 10.8 Å². The van der Waals surface area contributed by atoms with Crippen molar-refractivity contribution in [3.63, 3.8) is 0 Å². The molecule has 0 bridgehead atoms. The molecule has 0 N–H and O–H groups in total. The molecule has 76 valence electrons. The van der Waals surface area contributed by atoms with Gasteiger partial charge >= 0.3 is 0 Å². The highest BCUT2D eigenvalue weighted by atomic mass is 16.1. The normalized spacial score (nSPS) is 46.6. The first-order valence-electron chi connectivity index (χ1n) is 5.84. The van der Waals surface area contributed by atoms with Crippen LogP contribution in [0.1, 0.15) is 51.4 Å². The summed E-state index contributed by atoms with van der Waals surface area (Å²) in [4.78, 5) is 11.6. The summed E-state index contributed by atoms with van der Waals surface area (Å²) < 4.78 is 0. The predicted octanol–water partition coefficient (Wildman–Crippen LogP) is 3.25. The second kappa shape index (κ2) is 2.50. The van der Waals surface area contributed by atoms with E-state index in [1.54, 1.807) is 0 Å². The number of hydrogen-bond acceptors (Lipinski definition) is 1. The average molecular weight is 190 g/mol. The molecule has 0 spiro atoms. The Kier molecular flexibility index (Phi) is 1.55. The van der Waals surface area contributed by atoms with Gasteiger partial charge in [-0.25, -0.2) is 0 Å². The standard InChI is InChI=1S/C13H18O/c1-10-7-12-4-2-5-13(12,8-10)9-11(14)3-6-12/h1-9H2/t12-,13-/m0/s1. The zero-order valence-electron chi connectivity index (χ0n) is 8.77. The van der Waals surface area contributed by atoms with Crippen molar-refractivity contribution in [2.75, 3.05) is 0 Å². The van der Waals surface area contributed by atoms with Crippen molar-refractivity contribution in [1.29, 1.82) is 0 Å². The summed E-state index contributed by atoms with van der Waals surface area (Å²) in [7, 11) is 0. The highest BCUT2D eigenvalue weighted by molar-refractivity contribution is 5.80. The first-order valence-corrected chi connectivity index (χ1v) is 5.84. The molecule has 3 aliphatic carbocycles. The van der Waals surface area contributed by atoms with Gasteiger partial charge in [0.15, 0.2) is 0 Å². The summed E-state index contributed by atoms with van der Waals surface area (Å²) in [5.74, 6) is 0.511. The van der Waals surface area contributed by atoms with Crippen LogP contribution in [0.25, 0.3) is 0 Å². The SMILES string of the molecule is C=C1C[C@@]23CCC[C@]2(C1)CC(=O)CC3. The van der Waals surface area contributed by atoms with Gasteiger partial charge in [0.1, 0.15) is 5.78 Å². The van der Waals surface area contributed by atoms with E-state index in [1.807, 2.05) is 0 Å². The quantitative estimate of drug-likeness (QED) is 0.536. The summed E-state index contributed by atoms with van der Waals surface area (Å²) in [5.41, 5.74) is 2.30. The van der Waals surface area contributed by atoms with Gasteiger partial charge in [0, 0.05) is 12.8 Å². The van der Waals surface area contributed by atoms with Gasteiger partial charge in [-0.1, -0.05) is 18.6 Å². The van der Waals surface area contributed by atoms with Crippen LogP contribution in [0.5, 0.6) is 0 Å². The van der Waals surface area contributed by atoms with Crippen molar-refractivity contribution < 1.29 is 4.79 Å². The molecule has 0 aromatic heterocycles.